The van der Waals surface area contributed by atoms with Gasteiger partial charge in [-0.3, -0.25) is 4.57 Å². The third-order valence-corrected chi connectivity index (χ3v) is 2.50. The molecular weight excluding hydrogens is 260 g/mol. The third kappa shape index (κ3) is 2.16. The fourth-order valence-electron chi connectivity index (χ4n) is 1.33. The van der Waals surface area contributed by atoms with E-state index in [1.54, 1.807) is 0 Å². The van der Waals surface area contributed by atoms with E-state index in [4.69, 9.17) is 22.4 Å². The summed E-state index contributed by atoms with van der Waals surface area (Å²) in [6, 6.07) is 0.623. The number of carbonyl (C=O) groups excluding carboxylic acids is 1. The summed E-state index contributed by atoms with van der Waals surface area (Å²) in [6.07, 6.45) is 3.69. The van der Waals surface area contributed by atoms with Gasteiger partial charge < -0.3 is 10.8 Å². The molecule has 3 N–H and O–H groups in total. The first kappa shape index (κ1) is 12.1. The van der Waals surface area contributed by atoms with Gasteiger partial charge in [0.05, 0.1) is 11.3 Å². The fraction of sp³-hybridized carbons (Fsp3) is 0. The number of nitrogens with zero attached hydrogens (tertiary/aromatic N) is 3. The van der Waals surface area contributed by atoms with Crippen molar-refractivity contribution in [3.05, 3.63) is 35.5 Å². The van der Waals surface area contributed by atoms with Gasteiger partial charge in [0.2, 0.25) is 0 Å². The monoisotopic (exact) mass is 266 g/mol. The highest BCUT2D eigenvalue weighted by atomic mass is 35.5. The summed E-state index contributed by atoms with van der Waals surface area (Å²) < 4.78 is 1.05. The molecule has 2 rings (SSSR count). The highest BCUT2D eigenvalue weighted by Gasteiger charge is 2.13. The van der Waals surface area contributed by atoms with Crippen molar-refractivity contribution in [1.82, 2.24) is 14.5 Å². The van der Waals surface area contributed by atoms with Crippen molar-refractivity contribution in [1.29, 1.82) is 0 Å². The van der Waals surface area contributed by atoms with Crippen LogP contribution in [0.3, 0.4) is 0 Å². The number of carbonyl (C=O) groups is 2. The van der Waals surface area contributed by atoms with Crippen molar-refractivity contribution >= 4 is 23.6 Å². The van der Waals surface area contributed by atoms with E-state index in [1.165, 1.54) is 18.6 Å². The second-order valence-electron chi connectivity index (χ2n) is 3.37. The molecule has 0 saturated heterocycles. The average molecular weight is 267 g/mol. The maximum Gasteiger partial charge on any atom is 0.337 e. The number of nitrogens with two attached hydrogens (primary N) is 1. The molecule has 0 aliphatic rings. The Morgan fingerprint density at radius 3 is 2.67 bits per heavy atom. The Morgan fingerprint density at radius 1 is 1.39 bits per heavy atom. The van der Waals surface area contributed by atoms with Crippen LogP contribution in [0.25, 0.3) is 11.3 Å². The van der Waals surface area contributed by atoms with Gasteiger partial charge in [-0.2, -0.15) is 0 Å². The summed E-state index contributed by atoms with van der Waals surface area (Å²) >= 11 is 5.85. The maximum absolute atomic E-state index is 10.9. The number of carboxylic acid groups (broad SMARTS) is 1. The van der Waals surface area contributed by atoms with Crippen LogP contribution in [0, 0.1) is 0 Å². The van der Waals surface area contributed by atoms with E-state index in [9.17, 15) is 9.59 Å². The van der Waals surface area contributed by atoms with Gasteiger partial charge in [0.15, 0.2) is 0 Å². The Kier molecular flexibility index (Phi) is 2.99. The van der Waals surface area contributed by atoms with Crippen LogP contribution in [-0.4, -0.2) is 31.6 Å². The number of hydrogen-bond acceptors (Lipinski definition) is 4. The van der Waals surface area contributed by atoms with Crippen LogP contribution in [0.2, 0.25) is 5.15 Å². The van der Waals surface area contributed by atoms with Crippen molar-refractivity contribution in [2.75, 3.05) is 0 Å². The lowest BCUT2D eigenvalue weighted by Gasteiger charge is -2.01. The van der Waals surface area contributed by atoms with E-state index in [-0.39, 0.29) is 10.7 Å². The van der Waals surface area contributed by atoms with Gasteiger partial charge in [-0.25, -0.2) is 19.6 Å². The minimum absolute atomic E-state index is 0.0250. The van der Waals surface area contributed by atoms with Crippen molar-refractivity contribution < 1.29 is 14.7 Å². The van der Waals surface area contributed by atoms with Gasteiger partial charge in [0, 0.05) is 18.0 Å². The first-order chi connectivity index (χ1) is 8.49. The molecule has 0 unspecified atom stereocenters. The number of amides is 1. The summed E-state index contributed by atoms with van der Waals surface area (Å²) in [5, 5.41) is 8.95. The highest BCUT2D eigenvalue weighted by molar-refractivity contribution is 6.32. The SMILES string of the molecule is NC(=O)n1cnc(-c2cc(C(=O)O)cnc2Cl)c1. The number of carboxylic acids is 1. The van der Waals surface area contributed by atoms with Crippen LogP contribution in [0.5, 0.6) is 0 Å². The van der Waals surface area contributed by atoms with Gasteiger partial charge in [0.1, 0.15) is 11.5 Å². The second-order valence-corrected chi connectivity index (χ2v) is 3.73. The molecule has 2 heterocycles. The first-order valence-electron chi connectivity index (χ1n) is 4.72. The Hall–Kier alpha value is -2.41. The maximum atomic E-state index is 10.9. The zero-order valence-electron chi connectivity index (χ0n) is 8.87. The van der Waals surface area contributed by atoms with Crippen molar-refractivity contribution in [3.8, 4) is 11.3 Å². The summed E-state index contributed by atoms with van der Waals surface area (Å²) in [7, 11) is 0. The van der Waals surface area contributed by atoms with E-state index < -0.39 is 12.0 Å². The summed E-state index contributed by atoms with van der Waals surface area (Å²) in [5.41, 5.74) is 5.67. The molecule has 1 amide bonds. The average Bonchev–Trinajstić information content (AvgIpc) is 2.78. The zero-order valence-corrected chi connectivity index (χ0v) is 9.63. The molecule has 7 nitrogen and oxygen atoms in total. The predicted molar refractivity (Wildman–Crippen MR) is 62.4 cm³/mol. The second kappa shape index (κ2) is 4.46. The van der Waals surface area contributed by atoms with Crippen LogP contribution in [-0.2, 0) is 0 Å². The van der Waals surface area contributed by atoms with E-state index in [0.29, 0.717) is 11.3 Å². The number of halogens is 1. The van der Waals surface area contributed by atoms with Gasteiger partial charge in [-0.05, 0) is 6.07 Å². The lowest BCUT2D eigenvalue weighted by Crippen LogP contribution is -2.17. The molecule has 0 aliphatic heterocycles. The zero-order chi connectivity index (χ0) is 13.3. The molecule has 0 aliphatic carbocycles. The first-order valence-corrected chi connectivity index (χ1v) is 5.10. The van der Waals surface area contributed by atoms with Gasteiger partial charge in [0.25, 0.3) is 0 Å². The summed E-state index contributed by atoms with van der Waals surface area (Å²) in [6.45, 7) is 0. The Balaban J connectivity index is 2.51. The molecule has 0 saturated carbocycles. The van der Waals surface area contributed by atoms with Crippen LogP contribution in [0.1, 0.15) is 10.4 Å². The topological polar surface area (TPSA) is 111 Å². The number of pyridine rings is 1. The van der Waals surface area contributed by atoms with E-state index in [1.807, 2.05) is 0 Å². The lowest BCUT2D eigenvalue weighted by atomic mass is 10.1. The molecule has 8 heteroatoms. The molecule has 0 spiro atoms. The molecule has 0 atom stereocenters. The van der Waals surface area contributed by atoms with Crippen molar-refractivity contribution in [2.24, 2.45) is 5.73 Å². The molecule has 0 radical (unpaired) electrons. The smallest absolute Gasteiger partial charge is 0.337 e. The van der Waals surface area contributed by atoms with E-state index in [0.717, 1.165) is 10.8 Å². The molecule has 0 fully saturated rings. The molecule has 0 bridgehead atoms. The van der Waals surface area contributed by atoms with Crippen molar-refractivity contribution in [2.45, 2.75) is 0 Å². The molecular formula is C10H7ClN4O3. The van der Waals surface area contributed by atoms with Gasteiger partial charge in [-0.1, -0.05) is 11.6 Å². The minimum atomic E-state index is -1.13. The standard InChI is InChI=1S/C10H7ClN4O3/c11-8-6(1-5(2-13-8)9(16)17)7-3-15(4-14-7)10(12)18/h1-4H,(H2,12,18)(H,16,17). The minimum Gasteiger partial charge on any atom is -0.478 e. The Labute approximate surface area is 106 Å². The molecule has 0 aromatic carbocycles. The third-order valence-electron chi connectivity index (χ3n) is 2.20. The largest absolute Gasteiger partial charge is 0.478 e. The highest BCUT2D eigenvalue weighted by Crippen LogP contribution is 2.25. The van der Waals surface area contributed by atoms with E-state index in [2.05, 4.69) is 9.97 Å². The molecule has 2 aromatic heterocycles. The molecule has 18 heavy (non-hydrogen) atoms. The lowest BCUT2D eigenvalue weighted by molar-refractivity contribution is 0.0696. The molecule has 2 aromatic rings. The number of aromatic nitrogens is 3. The van der Waals surface area contributed by atoms with Crippen LogP contribution in [0.4, 0.5) is 4.79 Å². The fourth-order valence-corrected chi connectivity index (χ4v) is 1.53. The molecule has 92 valence electrons. The predicted octanol–water partition coefficient (Wildman–Crippen LogP) is 1.22. The Bertz CT molecular complexity index is 638. The van der Waals surface area contributed by atoms with Gasteiger partial charge in [-0.15, -0.1) is 0 Å². The number of primary amides is 1. The number of hydrogen-bond donors (Lipinski definition) is 2. The number of aromatic carboxylic acids is 1. The van der Waals surface area contributed by atoms with Crippen LogP contribution in [0.15, 0.2) is 24.8 Å². The number of rotatable bonds is 2. The van der Waals surface area contributed by atoms with Crippen LogP contribution >= 0.6 is 11.6 Å². The quantitative estimate of drug-likeness (QED) is 0.794. The normalized spacial score (nSPS) is 10.3. The van der Waals surface area contributed by atoms with Crippen LogP contribution < -0.4 is 5.73 Å². The van der Waals surface area contributed by atoms with E-state index >= 15 is 0 Å². The van der Waals surface area contributed by atoms with Crippen molar-refractivity contribution in [3.63, 3.8) is 0 Å². The Morgan fingerprint density at radius 2 is 2.11 bits per heavy atom. The number of imidazole rings is 1. The summed E-state index contributed by atoms with van der Waals surface area (Å²) in [4.78, 5) is 29.4. The van der Waals surface area contributed by atoms with Gasteiger partial charge >= 0.3 is 12.0 Å². The summed E-state index contributed by atoms with van der Waals surface area (Å²) in [5.74, 6) is -1.13.